The number of rotatable bonds is 7. The number of nitrogens with zero attached hydrogens (tertiary/aromatic N) is 4. The van der Waals surface area contributed by atoms with E-state index in [4.69, 9.17) is 4.74 Å². The number of aryl methyl sites for hydroxylation is 1. The van der Waals surface area contributed by atoms with Crippen LogP contribution >= 0.6 is 15.9 Å². The Balaban J connectivity index is 2.10. The zero-order valence-electron chi connectivity index (χ0n) is 14.7. The summed E-state index contributed by atoms with van der Waals surface area (Å²) in [5, 5.41) is 14.7. The summed E-state index contributed by atoms with van der Waals surface area (Å²) in [4.78, 5) is 4.62. The number of halogens is 1. The van der Waals surface area contributed by atoms with Crippen molar-refractivity contribution in [3.8, 4) is 5.75 Å². The van der Waals surface area contributed by atoms with Crippen LogP contribution in [0.5, 0.6) is 5.75 Å². The number of aliphatic imine (C=N–C) groups is 1. The molecule has 0 fully saturated rings. The van der Waals surface area contributed by atoms with Gasteiger partial charge in [-0.1, -0.05) is 22.0 Å². The fourth-order valence-corrected chi connectivity index (χ4v) is 2.55. The number of ether oxygens (including phenoxy) is 1. The van der Waals surface area contributed by atoms with Gasteiger partial charge >= 0.3 is 0 Å². The molecule has 1 heterocycles. The Kier molecular flexibility index (Phi) is 7.00. The zero-order chi connectivity index (χ0) is 18.2. The van der Waals surface area contributed by atoms with E-state index in [9.17, 15) is 0 Å². The lowest BCUT2D eigenvalue weighted by Crippen LogP contribution is -2.37. The van der Waals surface area contributed by atoms with Crippen LogP contribution in [0, 0.1) is 6.92 Å². The fraction of sp³-hybridized carbons (Fsp3) is 0.353. The Morgan fingerprint density at radius 3 is 2.84 bits per heavy atom. The molecule has 2 aromatic rings. The van der Waals surface area contributed by atoms with E-state index in [-0.39, 0.29) is 0 Å². The molecule has 7 nitrogen and oxygen atoms in total. The maximum atomic E-state index is 5.39. The highest BCUT2D eigenvalue weighted by atomic mass is 79.9. The zero-order valence-corrected chi connectivity index (χ0v) is 16.3. The second-order valence-corrected chi connectivity index (χ2v) is 6.28. The van der Waals surface area contributed by atoms with E-state index < -0.39 is 0 Å². The Morgan fingerprint density at radius 2 is 2.20 bits per heavy atom. The molecule has 0 aliphatic heterocycles. The number of methoxy groups -OCH3 is 1. The Morgan fingerprint density at radius 1 is 1.40 bits per heavy atom. The molecule has 0 unspecified atom stereocenters. The second-order valence-electron chi connectivity index (χ2n) is 5.37. The van der Waals surface area contributed by atoms with E-state index >= 15 is 0 Å². The summed E-state index contributed by atoms with van der Waals surface area (Å²) in [6, 6.07) is 5.86. The maximum absolute atomic E-state index is 5.39. The van der Waals surface area contributed by atoms with Gasteiger partial charge in [0, 0.05) is 23.6 Å². The number of nitrogens with one attached hydrogen (secondary N) is 2. The molecule has 8 heteroatoms. The summed E-state index contributed by atoms with van der Waals surface area (Å²) in [7, 11) is 3.59. The van der Waals surface area contributed by atoms with E-state index in [0.29, 0.717) is 25.6 Å². The number of hydrogen-bond donors (Lipinski definition) is 2. The number of benzene rings is 1. The molecule has 0 aliphatic carbocycles. The van der Waals surface area contributed by atoms with Crippen LogP contribution in [0.25, 0.3) is 0 Å². The molecule has 2 rings (SSSR count). The highest BCUT2D eigenvalue weighted by molar-refractivity contribution is 9.10. The molecule has 0 spiro atoms. The molecule has 0 radical (unpaired) electrons. The quantitative estimate of drug-likeness (QED) is 0.419. The SMILES string of the molecule is C=CCNC(=NCc1cc(Br)ccc1OC)NCc1nnc(C)n1C. The highest BCUT2D eigenvalue weighted by Gasteiger charge is 2.07. The van der Waals surface area contributed by atoms with Crippen LogP contribution in [0.4, 0.5) is 0 Å². The molecule has 0 saturated carbocycles. The van der Waals surface area contributed by atoms with E-state index in [1.165, 1.54) is 0 Å². The van der Waals surface area contributed by atoms with Gasteiger partial charge < -0.3 is 19.9 Å². The summed E-state index contributed by atoms with van der Waals surface area (Å²) in [5.74, 6) is 3.18. The average Bonchev–Trinajstić information content (AvgIpc) is 2.93. The standard InChI is InChI=1S/C17H23BrN6O/c1-5-8-19-17(21-11-16-23-22-12(2)24(16)3)20-10-13-9-14(18)6-7-15(13)25-4/h5-7,9H,1,8,10-11H2,2-4H3,(H2,19,20,21). The van der Waals surface area contributed by atoms with Crippen molar-refractivity contribution in [2.45, 2.75) is 20.0 Å². The summed E-state index contributed by atoms with van der Waals surface area (Å²) in [5.41, 5.74) is 0.992. The van der Waals surface area contributed by atoms with Gasteiger partial charge in [-0.25, -0.2) is 4.99 Å². The second kappa shape index (κ2) is 9.22. The Bertz CT molecular complexity index is 756. The first-order valence-electron chi connectivity index (χ1n) is 7.85. The third-order valence-electron chi connectivity index (χ3n) is 3.66. The van der Waals surface area contributed by atoms with Gasteiger partial charge in [-0.3, -0.25) is 0 Å². The largest absolute Gasteiger partial charge is 0.496 e. The van der Waals surface area contributed by atoms with Crippen molar-refractivity contribution in [2.24, 2.45) is 12.0 Å². The van der Waals surface area contributed by atoms with Crippen molar-refractivity contribution in [1.29, 1.82) is 0 Å². The van der Waals surface area contributed by atoms with Gasteiger partial charge in [0.15, 0.2) is 11.8 Å². The van der Waals surface area contributed by atoms with E-state index in [1.807, 2.05) is 36.7 Å². The van der Waals surface area contributed by atoms with Crippen LogP contribution in [0.3, 0.4) is 0 Å². The molecule has 25 heavy (non-hydrogen) atoms. The maximum Gasteiger partial charge on any atom is 0.192 e. The van der Waals surface area contributed by atoms with Gasteiger partial charge in [-0.15, -0.1) is 16.8 Å². The van der Waals surface area contributed by atoms with Gasteiger partial charge in [0.05, 0.1) is 20.2 Å². The molecule has 0 atom stereocenters. The third kappa shape index (κ3) is 5.32. The van der Waals surface area contributed by atoms with Gasteiger partial charge in [-0.05, 0) is 25.1 Å². The van der Waals surface area contributed by atoms with Crippen molar-refractivity contribution in [1.82, 2.24) is 25.4 Å². The molecular weight excluding hydrogens is 384 g/mol. The van der Waals surface area contributed by atoms with Crippen LogP contribution in [0.1, 0.15) is 17.2 Å². The van der Waals surface area contributed by atoms with Crippen LogP contribution in [0.2, 0.25) is 0 Å². The lowest BCUT2D eigenvalue weighted by Gasteiger charge is -2.12. The van der Waals surface area contributed by atoms with Crippen molar-refractivity contribution in [3.05, 3.63) is 52.5 Å². The topological polar surface area (TPSA) is 76.4 Å². The summed E-state index contributed by atoms with van der Waals surface area (Å²) < 4.78 is 8.32. The van der Waals surface area contributed by atoms with Crippen molar-refractivity contribution in [3.63, 3.8) is 0 Å². The molecule has 0 aliphatic rings. The number of hydrogen-bond acceptors (Lipinski definition) is 4. The molecule has 1 aromatic carbocycles. The number of aromatic nitrogens is 3. The fourth-order valence-electron chi connectivity index (χ4n) is 2.15. The molecule has 0 saturated heterocycles. The molecule has 0 amide bonds. The summed E-state index contributed by atoms with van der Waals surface area (Å²) in [6.07, 6.45) is 1.78. The monoisotopic (exact) mass is 406 g/mol. The average molecular weight is 407 g/mol. The van der Waals surface area contributed by atoms with Crippen molar-refractivity contribution >= 4 is 21.9 Å². The molecule has 2 N–H and O–H groups in total. The van der Waals surface area contributed by atoms with Gasteiger partial charge in [0.1, 0.15) is 11.6 Å². The van der Waals surface area contributed by atoms with Gasteiger partial charge in [-0.2, -0.15) is 0 Å². The molecular formula is C17H23BrN6O. The Labute approximate surface area is 156 Å². The lowest BCUT2D eigenvalue weighted by atomic mass is 10.2. The first-order valence-corrected chi connectivity index (χ1v) is 8.64. The van der Waals surface area contributed by atoms with Gasteiger partial charge in [0.2, 0.25) is 0 Å². The highest BCUT2D eigenvalue weighted by Crippen LogP contribution is 2.23. The predicted octanol–water partition coefficient (Wildman–Crippen LogP) is 2.32. The summed E-state index contributed by atoms with van der Waals surface area (Å²) >= 11 is 3.48. The molecule has 0 bridgehead atoms. The van der Waals surface area contributed by atoms with Crippen LogP contribution in [-0.4, -0.2) is 34.4 Å². The first-order chi connectivity index (χ1) is 12.0. The van der Waals surface area contributed by atoms with Crippen LogP contribution in [0.15, 0.2) is 40.3 Å². The third-order valence-corrected chi connectivity index (χ3v) is 4.15. The molecule has 134 valence electrons. The first kappa shape index (κ1) is 19.0. The van der Waals surface area contributed by atoms with Crippen LogP contribution in [-0.2, 0) is 20.1 Å². The minimum Gasteiger partial charge on any atom is -0.496 e. The van der Waals surface area contributed by atoms with E-state index in [1.54, 1.807) is 13.2 Å². The predicted molar refractivity (Wildman–Crippen MR) is 103 cm³/mol. The minimum atomic E-state index is 0.479. The smallest absolute Gasteiger partial charge is 0.192 e. The van der Waals surface area contributed by atoms with E-state index in [2.05, 4.69) is 48.3 Å². The summed E-state index contributed by atoms with van der Waals surface area (Å²) in [6.45, 7) is 7.26. The van der Waals surface area contributed by atoms with Crippen molar-refractivity contribution < 1.29 is 4.74 Å². The van der Waals surface area contributed by atoms with Gasteiger partial charge in [0.25, 0.3) is 0 Å². The normalized spacial score (nSPS) is 11.3. The van der Waals surface area contributed by atoms with E-state index in [0.717, 1.165) is 27.4 Å². The Hall–Kier alpha value is -2.35. The minimum absolute atomic E-state index is 0.479. The molecule has 1 aromatic heterocycles. The lowest BCUT2D eigenvalue weighted by molar-refractivity contribution is 0.409. The number of guanidine groups is 1. The van der Waals surface area contributed by atoms with Crippen molar-refractivity contribution in [2.75, 3.05) is 13.7 Å². The van der Waals surface area contributed by atoms with Crippen LogP contribution < -0.4 is 15.4 Å².